The normalized spacial score (nSPS) is 17.5. The molecule has 0 heterocycles. The first-order valence-corrected chi connectivity index (χ1v) is 5.45. The Kier molecular flexibility index (Phi) is 2.52. The van der Waals surface area contributed by atoms with Crippen molar-refractivity contribution in [3.63, 3.8) is 0 Å². The molecule has 4 nitrogen and oxygen atoms in total. The van der Waals surface area contributed by atoms with E-state index in [2.05, 4.69) is 15.9 Å². The molecule has 0 unspecified atom stereocenters. The van der Waals surface area contributed by atoms with E-state index in [0.29, 0.717) is 10.9 Å². The summed E-state index contributed by atoms with van der Waals surface area (Å²) in [6.07, 6.45) is 2.19. The van der Waals surface area contributed by atoms with Crippen LogP contribution < -0.4 is 0 Å². The van der Waals surface area contributed by atoms with Crippen LogP contribution in [0.3, 0.4) is 0 Å². The fourth-order valence-electron chi connectivity index (χ4n) is 1.47. The molecule has 2 rings (SSSR count). The van der Waals surface area contributed by atoms with Crippen molar-refractivity contribution in [3.8, 4) is 0 Å². The summed E-state index contributed by atoms with van der Waals surface area (Å²) in [6, 6.07) is 4.63. The van der Waals surface area contributed by atoms with Crippen molar-refractivity contribution in [1.82, 2.24) is 0 Å². The van der Waals surface area contributed by atoms with Gasteiger partial charge in [0.05, 0.1) is 10.5 Å². The number of nitro groups is 1. The van der Waals surface area contributed by atoms with Crippen LogP contribution in [0.4, 0.5) is 5.69 Å². The Morgan fingerprint density at radius 2 is 2.20 bits per heavy atom. The summed E-state index contributed by atoms with van der Waals surface area (Å²) in [4.78, 5) is 10.1. The predicted octanol–water partition coefficient (Wildman–Crippen LogP) is 2.42. The number of rotatable bonds is 3. The zero-order chi connectivity index (χ0) is 11.1. The fourth-order valence-corrected chi connectivity index (χ4v) is 1.98. The van der Waals surface area contributed by atoms with Gasteiger partial charge in [0, 0.05) is 23.0 Å². The minimum Gasteiger partial charge on any atom is -0.390 e. The maximum atomic E-state index is 10.5. The van der Waals surface area contributed by atoms with Crippen LogP contribution in [0.25, 0.3) is 0 Å². The van der Waals surface area contributed by atoms with Gasteiger partial charge in [-0.05, 0) is 18.4 Å². The van der Waals surface area contributed by atoms with Crippen molar-refractivity contribution in [2.24, 2.45) is 0 Å². The van der Waals surface area contributed by atoms with Crippen molar-refractivity contribution in [2.45, 2.75) is 24.9 Å². The number of hydrogen-bond donors (Lipinski definition) is 1. The Morgan fingerprint density at radius 1 is 1.53 bits per heavy atom. The van der Waals surface area contributed by atoms with Gasteiger partial charge >= 0.3 is 0 Å². The van der Waals surface area contributed by atoms with Crippen LogP contribution in [-0.4, -0.2) is 15.6 Å². The highest BCUT2D eigenvalue weighted by molar-refractivity contribution is 9.10. The molecule has 1 aliphatic carbocycles. The quantitative estimate of drug-likeness (QED) is 0.679. The predicted molar refractivity (Wildman–Crippen MR) is 58.7 cm³/mol. The van der Waals surface area contributed by atoms with Crippen LogP contribution in [0.2, 0.25) is 0 Å². The molecular formula is C10H10BrNO3. The van der Waals surface area contributed by atoms with Crippen molar-refractivity contribution >= 4 is 21.6 Å². The second-order valence-corrected chi connectivity index (χ2v) is 4.79. The third-order valence-corrected chi connectivity index (χ3v) is 3.33. The molecule has 1 N–H and O–H groups in total. The lowest BCUT2D eigenvalue weighted by molar-refractivity contribution is -0.384. The van der Waals surface area contributed by atoms with Gasteiger partial charge in [0.2, 0.25) is 0 Å². The standard InChI is InChI=1S/C10H10BrNO3/c11-9-5-8(12(14)15)2-1-7(9)6-10(13)3-4-10/h1-2,5,13H,3-4,6H2. The summed E-state index contributed by atoms with van der Waals surface area (Å²) in [7, 11) is 0. The first-order valence-electron chi connectivity index (χ1n) is 4.65. The smallest absolute Gasteiger partial charge is 0.270 e. The molecule has 0 spiro atoms. The van der Waals surface area contributed by atoms with E-state index in [0.717, 1.165) is 18.4 Å². The molecule has 1 aromatic rings. The molecule has 0 radical (unpaired) electrons. The first kappa shape index (κ1) is 10.6. The first-order chi connectivity index (χ1) is 7.00. The van der Waals surface area contributed by atoms with E-state index in [1.807, 2.05) is 0 Å². The van der Waals surface area contributed by atoms with Crippen LogP contribution in [-0.2, 0) is 6.42 Å². The Balaban J connectivity index is 2.22. The largest absolute Gasteiger partial charge is 0.390 e. The number of aliphatic hydroxyl groups is 1. The fraction of sp³-hybridized carbons (Fsp3) is 0.400. The molecule has 0 bridgehead atoms. The summed E-state index contributed by atoms with van der Waals surface area (Å²) < 4.78 is 0.692. The number of nitro benzene ring substituents is 1. The number of hydrogen-bond acceptors (Lipinski definition) is 3. The molecule has 1 aromatic carbocycles. The molecule has 0 aromatic heterocycles. The summed E-state index contributed by atoms with van der Waals surface area (Å²) in [5.41, 5.74) is 0.410. The molecular weight excluding hydrogens is 262 g/mol. The van der Waals surface area contributed by atoms with Crippen molar-refractivity contribution < 1.29 is 10.0 Å². The summed E-state index contributed by atoms with van der Waals surface area (Å²) in [5.74, 6) is 0. The van der Waals surface area contributed by atoms with Gasteiger partial charge in [-0.25, -0.2) is 0 Å². The highest BCUT2D eigenvalue weighted by atomic mass is 79.9. The van der Waals surface area contributed by atoms with E-state index in [1.54, 1.807) is 6.07 Å². The van der Waals surface area contributed by atoms with E-state index in [4.69, 9.17) is 0 Å². The lowest BCUT2D eigenvalue weighted by Crippen LogP contribution is -2.11. The average molecular weight is 272 g/mol. The van der Waals surface area contributed by atoms with E-state index >= 15 is 0 Å². The van der Waals surface area contributed by atoms with Crippen LogP contribution in [0.15, 0.2) is 22.7 Å². The molecule has 5 heteroatoms. The number of non-ortho nitro benzene ring substituents is 1. The van der Waals surface area contributed by atoms with Crippen LogP contribution >= 0.6 is 15.9 Å². The number of nitrogens with zero attached hydrogens (tertiary/aromatic N) is 1. The van der Waals surface area contributed by atoms with Crippen LogP contribution in [0, 0.1) is 10.1 Å². The van der Waals surface area contributed by atoms with Gasteiger partial charge in [-0.15, -0.1) is 0 Å². The SMILES string of the molecule is O=[N+]([O-])c1ccc(CC2(O)CC2)c(Br)c1. The minimum absolute atomic E-state index is 0.0633. The monoisotopic (exact) mass is 271 g/mol. The molecule has 80 valence electrons. The Morgan fingerprint density at radius 3 is 2.67 bits per heavy atom. The lowest BCUT2D eigenvalue weighted by Gasteiger charge is -2.08. The summed E-state index contributed by atoms with van der Waals surface area (Å²) >= 11 is 3.28. The van der Waals surface area contributed by atoms with E-state index in [1.165, 1.54) is 12.1 Å². The minimum atomic E-state index is -0.571. The second kappa shape index (κ2) is 3.57. The van der Waals surface area contributed by atoms with Gasteiger partial charge in [-0.1, -0.05) is 22.0 Å². The Hall–Kier alpha value is -0.940. The van der Waals surface area contributed by atoms with Gasteiger partial charge in [-0.3, -0.25) is 10.1 Å². The van der Waals surface area contributed by atoms with E-state index < -0.39 is 10.5 Å². The maximum Gasteiger partial charge on any atom is 0.270 e. The summed E-state index contributed by atoms with van der Waals surface area (Å²) in [5, 5.41) is 20.2. The molecule has 0 aliphatic heterocycles. The highest BCUT2D eigenvalue weighted by Crippen LogP contribution is 2.40. The van der Waals surface area contributed by atoms with Crippen molar-refractivity contribution in [3.05, 3.63) is 38.3 Å². The zero-order valence-electron chi connectivity index (χ0n) is 7.94. The van der Waals surface area contributed by atoms with Gasteiger partial charge in [0.1, 0.15) is 0 Å². The second-order valence-electron chi connectivity index (χ2n) is 3.93. The maximum absolute atomic E-state index is 10.5. The molecule has 1 aliphatic rings. The average Bonchev–Trinajstić information content (AvgIpc) is 2.87. The molecule has 0 amide bonds. The van der Waals surface area contributed by atoms with Gasteiger partial charge in [0.25, 0.3) is 5.69 Å². The van der Waals surface area contributed by atoms with Gasteiger partial charge in [-0.2, -0.15) is 0 Å². The molecule has 1 saturated carbocycles. The van der Waals surface area contributed by atoms with Crippen LogP contribution in [0.5, 0.6) is 0 Å². The molecule has 1 fully saturated rings. The van der Waals surface area contributed by atoms with Crippen LogP contribution in [0.1, 0.15) is 18.4 Å². The van der Waals surface area contributed by atoms with E-state index in [9.17, 15) is 15.2 Å². The summed E-state index contributed by atoms with van der Waals surface area (Å²) in [6.45, 7) is 0. The molecule has 15 heavy (non-hydrogen) atoms. The van der Waals surface area contributed by atoms with Gasteiger partial charge < -0.3 is 5.11 Å². The number of halogens is 1. The highest BCUT2D eigenvalue weighted by Gasteiger charge is 2.40. The molecule has 0 atom stereocenters. The Labute approximate surface area is 95.2 Å². The zero-order valence-corrected chi connectivity index (χ0v) is 9.53. The lowest BCUT2D eigenvalue weighted by atomic mass is 10.1. The topological polar surface area (TPSA) is 63.4 Å². The molecule has 0 saturated heterocycles. The van der Waals surface area contributed by atoms with Crippen molar-refractivity contribution in [2.75, 3.05) is 0 Å². The number of benzene rings is 1. The van der Waals surface area contributed by atoms with E-state index in [-0.39, 0.29) is 5.69 Å². The van der Waals surface area contributed by atoms with Crippen molar-refractivity contribution in [1.29, 1.82) is 0 Å². The third-order valence-electron chi connectivity index (χ3n) is 2.59. The Bertz CT molecular complexity index is 415. The third kappa shape index (κ3) is 2.35. The van der Waals surface area contributed by atoms with Gasteiger partial charge in [0.15, 0.2) is 0 Å².